The molecule has 20 heavy (non-hydrogen) atoms. The molecule has 0 spiro atoms. The third-order valence-electron chi connectivity index (χ3n) is 3.50. The van der Waals surface area contributed by atoms with Gasteiger partial charge in [-0.2, -0.15) is 21.6 Å². The van der Waals surface area contributed by atoms with Crippen molar-refractivity contribution < 1.29 is 30.2 Å². The minimum atomic E-state index is -5.60. The second-order valence-electron chi connectivity index (χ2n) is 5.60. The van der Waals surface area contributed by atoms with Gasteiger partial charge in [0.1, 0.15) is 0 Å². The highest BCUT2D eigenvalue weighted by Gasteiger charge is 2.49. The van der Waals surface area contributed by atoms with E-state index < -0.39 is 30.7 Å². The van der Waals surface area contributed by atoms with Gasteiger partial charge < -0.3 is 4.43 Å². The molecule has 0 aliphatic rings. The molecule has 9 heteroatoms. The molecular weight excluding hydrogens is 313 g/mol. The van der Waals surface area contributed by atoms with Gasteiger partial charge in [0, 0.05) is 0 Å². The van der Waals surface area contributed by atoms with Crippen molar-refractivity contribution in [3.05, 3.63) is 0 Å². The molecule has 0 N–H and O–H groups in total. The number of alkyl halides is 3. The summed E-state index contributed by atoms with van der Waals surface area (Å²) >= 11 is 0. The van der Waals surface area contributed by atoms with Crippen LogP contribution in [0.2, 0.25) is 16.6 Å². The zero-order valence-corrected chi connectivity index (χ0v) is 14.4. The largest absolute Gasteiger partial charge is 0.523 e. The van der Waals surface area contributed by atoms with Gasteiger partial charge >= 0.3 is 15.6 Å². The van der Waals surface area contributed by atoms with Crippen molar-refractivity contribution >= 4 is 18.4 Å². The molecule has 0 bridgehead atoms. The second kappa shape index (κ2) is 6.76. The topological polar surface area (TPSA) is 52.6 Å². The summed E-state index contributed by atoms with van der Waals surface area (Å²) in [6, 6.07) is 0. The van der Waals surface area contributed by atoms with E-state index in [-0.39, 0.29) is 16.6 Å². The highest BCUT2D eigenvalue weighted by atomic mass is 32.2. The molecule has 0 aromatic heterocycles. The molecule has 0 amide bonds. The van der Waals surface area contributed by atoms with Crippen molar-refractivity contribution in [2.45, 2.75) is 63.7 Å². The van der Waals surface area contributed by atoms with Crippen LogP contribution in [0.25, 0.3) is 0 Å². The second-order valence-corrected chi connectivity index (χ2v) is 12.7. The normalized spacial score (nSPS) is 14.6. The SMILES string of the molecule is CC(C)[Si](OCOS(=O)(=O)C(F)(F)F)(C(C)C)C(C)C. The van der Waals surface area contributed by atoms with Gasteiger partial charge in [-0.05, 0) is 16.6 Å². The molecule has 0 radical (unpaired) electrons. The van der Waals surface area contributed by atoms with E-state index in [4.69, 9.17) is 4.43 Å². The van der Waals surface area contributed by atoms with Crippen molar-refractivity contribution in [2.24, 2.45) is 0 Å². The lowest BCUT2D eigenvalue weighted by atomic mass is 10.5. The van der Waals surface area contributed by atoms with E-state index >= 15 is 0 Å². The fourth-order valence-electron chi connectivity index (χ4n) is 2.76. The lowest BCUT2D eigenvalue weighted by Gasteiger charge is -2.41. The molecule has 0 atom stereocenters. The Morgan fingerprint density at radius 1 is 0.950 bits per heavy atom. The van der Waals surface area contributed by atoms with Crippen LogP contribution in [0.5, 0.6) is 0 Å². The third-order valence-corrected chi connectivity index (χ3v) is 10.5. The summed E-state index contributed by atoms with van der Waals surface area (Å²) in [5.41, 5.74) is -5.05. The highest BCUT2D eigenvalue weighted by Crippen LogP contribution is 2.42. The van der Waals surface area contributed by atoms with Crippen LogP contribution in [0.4, 0.5) is 13.2 Å². The monoisotopic (exact) mass is 336 g/mol. The van der Waals surface area contributed by atoms with Crippen molar-refractivity contribution in [1.29, 1.82) is 0 Å². The fourth-order valence-corrected chi connectivity index (χ4v) is 8.41. The van der Waals surface area contributed by atoms with Crippen LogP contribution in [0.15, 0.2) is 0 Å². The number of halogens is 3. The zero-order chi connectivity index (χ0) is 16.4. The van der Waals surface area contributed by atoms with Crippen LogP contribution in [-0.2, 0) is 18.7 Å². The molecule has 122 valence electrons. The Bertz CT molecular complexity index is 383. The van der Waals surface area contributed by atoms with Crippen LogP contribution in [-0.4, -0.2) is 29.0 Å². The standard InChI is InChI=1S/C11H23F3O4SSi/c1-8(2)20(9(3)4,10(5)6)18-7-17-19(15,16)11(12,13)14/h8-10H,7H2,1-6H3. The number of hydrogen-bond acceptors (Lipinski definition) is 4. The number of hydrogen-bond donors (Lipinski definition) is 0. The van der Waals surface area contributed by atoms with Gasteiger partial charge in [-0.25, -0.2) is 4.18 Å². The summed E-state index contributed by atoms with van der Waals surface area (Å²) in [4.78, 5) is 0. The summed E-state index contributed by atoms with van der Waals surface area (Å²) in [5, 5.41) is 0. The van der Waals surface area contributed by atoms with Crippen LogP contribution in [0, 0.1) is 0 Å². The quantitative estimate of drug-likeness (QED) is 0.305. The average molecular weight is 336 g/mol. The molecule has 0 fully saturated rings. The average Bonchev–Trinajstić information content (AvgIpc) is 2.20. The van der Waals surface area contributed by atoms with Gasteiger partial charge in [-0.3, -0.25) is 0 Å². The van der Waals surface area contributed by atoms with E-state index in [1.54, 1.807) is 0 Å². The predicted molar refractivity (Wildman–Crippen MR) is 73.1 cm³/mol. The molecule has 0 aromatic carbocycles. The summed E-state index contributed by atoms with van der Waals surface area (Å²) in [7, 11) is -8.04. The molecule has 0 unspecified atom stereocenters. The first kappa shape index (κ1) is 19.9. The molecule has 0 aromatic rings. The molecule has 0 heterocycles. The zero-order valence-electron chi connectivity index (χ0n) is 12.6. The van der Waals surface area contributed by atoms with Crippen LogP contribution in [0.1, 0.15) is 41.5 Å². The van der Waals surface area contributed by atoms with Crippen molar-refractivity contribution in [2.75, 3.05) is 6.79 Å². The van der Waals surface area contributed by atoms with E-state index in [2.05, 4.69) is 4.18 Å². The van der Waals surface area contributed by atoms with Crippen molar-refractivity contribution in [1.82, 2.24) is 0 Å². The smallest absolute Gasteiger partial charge is 0.393 e. The Morgan fingerprint density at radius 2 is 1.30 bits per heavy atom. The third kappa shape index (κ3) is 4.19. The lowest BCUT2D eigenvalue weighted by molar-refractivity contribution is -0.0595. The van der Waals surface area contributed by atoms with Crippen molar-refractivity contribution in [3.8, 4) is 0 Å². The Hall–Kier alpha value is -0.123. The summed E-state index contributed by atoms with van der Waals surface area (Å²) in [6.07, 6.45) is 0. The van der Waals surface area contributed by atoms with E-state index in [9.17, 15) is 21.6 Å². The molecule has 0 saturated carbocycles. The Morgan fingerprint density at radius 3 is 1.55 bits per heavy atom. The van der Waals surface area contributed by atoms with Crippen LogP contribution in [0.3, 0.4) is 0 Å². The molecule has 0 aliphatic heterocycles. The highest BCUT2D eigenvalue weighted by molar-refractivity contribution is 7.87. The van der Waals surface area contributed by atoms with Gasteiger partial charge in [0.15, 0.2) is 6.79 Å². The van der Waals surface area contributed by atoms with E-state index in [0.717, 1.165) is 0 Å². The summed E-state index contributed by atoms with van der Waals surface area (Å²) < 4.78 is 67.7. The van der Waals surface area contributed by atoms with E-state index in [0.29, 0.717) is 0 Å². The maximum atomic E-state index is 12.2. The first-order valence-corrected chi connectivity index (χ1v) is 9.93. The van der Waals surface area contributed by atoms with Gasteiger partial charge in [0.05, 0.1) is 0 Å². The molecule has 4 nitrogen and oxygen atoms in total. The van der Waals surface area contributed by atoms with Gasteiger partial charge in [0.2, 0.25) is 8.32 Å². The molecule has 0 rings (SSSR count). The first-order valence-electron chi connectivity index (χ1n) is 6.38. The molecule has 0 saturated heterocycles. The fraction of sp³-hybridized carbons (Fsp3) is 1.00. The first-order chi connectivity index (χ1) is 8.79. The molecular formula is C11H23F3O4SSi. The van der Waals surface area contributed by atoms with Gasteiger partial charge in [0.25, 0.3) is 0 Å². The van der Waals surface area contributed by atoms with Crippen LogP contribution < -0.4 is 0 Å². The summed E-state index contributed by atoms with van der Waals surface area (Å²) in [6.45, 7) is 10.7. The maximum absolute atomic E-state index is 12.2. The maximum Gasteiger partial charge on any atom is 0.523 e. The minimum absolute atomic E-state index is 0.125. The minimum Gasteiger partial charge on any atom is -0.393 e. The Balaban J connectivity index is 5.00. The van der Waals surface area contributed by atoms with Crippen molar-refractivity contribution in [3.63, 3.8) is 0 Å². The molecule has 0 aliphatic carbocycles. The van der Waals surface area contributed by atoms with Gasteiger partial charge in [-0.15, -0.1) is 0 Å². The number of rotatable bonds is 7. The van der Waals surface area contributed by atoms with E-state index in [1.165, 1.54) is 0 Å². The van der Waals surface area contributed by atoms with Gasteiger partial charge in [-0.1, -0.05) is 41.5 Å². The predicted octanol–water partition coefficient (Wildman–Crippen LogP) is 4.00. The Labute approximate surface area is 119 Å². The lowest BCUT2D eigenvalue weighted by Crippen LogP contribution is -2.48. The van der Waals surface area contributed by atoms with Crippen LogP contribution >= 0.6 is 0 Å². The Kier molecular flexibility index (Phi) is 6.72. The van der Waals surface area contributed by atoms with E-state index in [1.807, 2.05) is 41.5 Å². The summed E-state index contributed by atoms with van der Waals surface area (Å²) in [5.74, 6) is 0.